The summed E-state index contributed by atoms with van der Waals surface area (Å²) in [6.45, 7) is 0.169. The lowest BCUT2D eigenvalue weighted by Gasteiger charge is -2.10. The molecule has 0 saturated carbocycles. The van der Waals surface area contributed by atoms with Crippen LogP contribution in [0.2, 0.25) is 5.02 Å². The van der Waals surface area contributed by atoms with Gasteiger partial charge in [0, 0.05) is 10.7 Å². The standard InChI is InChI=1S/C10H9ClN2O2/c11-5-1-2-8(12)6(3-5)7-4-15-10(14)9(7)13/h1-3,7,13H,4,12H2/t7-/m1/s1. The summed E-state index contributed by atoms with van der Waals surface area (Å²) in [4.78, 5) is 11.0. The number of cyclic esters (lactones) is 1. The zero-order valence-electron chi connectivity index (χ0n) is 7.79. The molecule has 1 heterocycles. The lowest BCUT2D eigenvalue weighted by Crippen LogP contribution is -2.13. The molecule has 1 aromatic carbocycles. The largest absolute Gasteiger partial charge is 0.460 e. The number of rotatable bonds is 1. The van der Waals surface area contributed by atoms with Crippen molar-refractivity contribution in [1.29, 1.82) is 5.41 Å². The second kappa shape index (κ2) is 3.55. The molecule has 5 heteroatoms. The van der Waals surface area contributed by atoms with Crippen LogP contribution in [0.25, 0.3) is 0 Å². The van der Waals surface area contributed by atoms with Gasteiger partial charge in [0.2, 0.25) is 0 Å². The zero-order chi connectivity index (χ0) is 11.0. The maximum Gasteiger partial charge on any atom is 0.352 e. The van der Waals surface area contributed by atoms with Crippen molar-refractivity contribution in [3.63, 3.8) is 0 Å². The Kier molecular flexibility index (Phi) is 2.36. The van der Waals surface area contributed by atoms with Crippen molar-refractivity contribution in [2.24, 2.45) is 0 Å². The average Bonchev–Trinajstić information content (AvgIpc) is 2.52. The molecule has 78 valence electrons. The molecule has 1 atom stereocenters. The van der Waals surface area contributed by atoms with Gasteiger partial charge in [-0.3, -0.25) is 5.41 Å². The van der Waals surface area contributed by atoms with E-state index in [-0.39, 0.29) is 12.3 Å². The second-order valence-corrected chi connectivity index (χ2v) is 3.77. The van der Waals surface area contributed by atoms with Crippen LogP contribution in [0.4, 0.5) is 5.69 Å². The van der Waals surface area contributed by atoms with Gasteiger partial charge in [0.05, 0.1) is 5.92 Å². The molecule has 1 fully saturated rings. The number of halogens is 1. The fraction of sp³-hybridized carbons (Fsp3) is 0.200. The van der Waals surface area contributed by atoms with Crippen LogP contribution in [-0.4, -0.2) is 18.3 Å². The third-order valence-electron chi connectivity index (χ3n) is 2.37. The van der Waals surface area contributed by atoms with Crippen LogP contribution in [0.3, 0.4) is 0 Å². The number of nitrogens with two attached hydrogens (primary N) is 1. The SMILES string of the molecule is N=C1C(=O)OC[C@@H]1c1cc(Cl)ccc1N. The van der Waals surface area contributed by atoms with E-state index in [4.69, 9.17) is 27.5 Å². The van der Waals surface area contributed by atoms with Gasteiger partial charge in [-0.1, -0.05) is 11.6 Å². The number of nitrogen functional groups attached to an aromatic ring is 1. The van der Waals surface area contributed by atoms with Crippen molar-refractivity contribution in [3.8, 4) is 0 Å². The highest BCUT2D eigenvalue weighted by Crippen LogP contribution is 2.30. The number of nitrogens with one attached hydrogen (secondary N) is 1. The minimum Gasteiger partial charge on any atom is -0.460 e. The number of carbonyl (C=O) groups is 1. The molecule has 2 rings (SSSR count). The Balaban J connectivity index is 2.42. The number of ether oxygens (including phenoxy) is 1. The molecule has 4 nitrogen and oxygen atoms in total. The van der Waals surface area contributed by atoms with E-state index in [1.54, 1.807) is 18.2 Å². The molecule has 15 heavy (non-hydrogen) atoms. The summed E-state index contributed by atoms with van der Waals surface area (Å²) in [5, 5.41) is 8.08. The highest BCUT2D eigenvalue weighted by atomic mass is 35.5. The van der Waals surface area contributed by atoms with Gasteiger partial charge in [0.15, 0.2) is 0 Å². The molecular formula is C10H9ClN2O2. The second-order valence-electron chi connectivity index (χ2n) is 3.34. The molecule has 0 aromatic heterocycles. The molecule has 0 spiro atoms. The van der Waals surface area contributed by atoms with E-state index >= 15 is 0 Å². The quantitative estimate of drug-likeness (QED) is 0.562. The lowest BCUT2D eigenvalue weighted by molar-refractivity contribution is -0.132. The number of carbonyl (C=O) groups excluding carboxylic acids is 1. The Hall–Kier alpha value is -1.55. The first kappa shape index (κ1) is 9.98. The monoisotopic (exact) mass is 224 g/mol. The molecule has 0 aliphatic carbocycles. The first-order valence-electron chi connectivity index (χ1n) is 4.40. The van der Waals surface area contributed by atoms with Crippen LogP contribution in [0.15, 0.2) is 18.2 Å². The van der Waals surface area contributed by atoms with Gasteiger partial charge >= 0.3 is 5.97 Å². The van der Waals surface area contributed by atoms with E-state index in [0.29, 0.717) is 16.3 Å². The van der Waals surface area contributed by atoms with Crippen molar-refractivity contribution in [1.82, 2.24) is 0 Å². The fourth-order valence-corrected chi connectivity index (χ4v) is 1.74. The Morgan fingerprint density at radius 2 is 2.27 bits per heavy atom. The first-order chi connectivity index (χ1) is 7.09. The normalized spacial score (nSPS) is 20.5. The summed E-state index contributed by atoms with van der Waals surface area (Å²) in [5.41, 5.74) is 6.89. The van der Waals surface area contributed by atoms with Gasteiger partial charge in [0.1, 0.15) is 12.3 Å². The molecule has 1 aromatic rings. The van der Waals surface area contributed by atoms with Crippen molar-refractivity contribution >= 4 is 29.0 Å². The van der Waals surface area contributed by atoms with E-state index in [1.165, 1.54) is 0 Å². The molecule has 1 aliphatic heterocycles. The lowest BCUT2D eigenvalue weighted by atomic mass is 9.95. The number of esters is 1. The van der Waals surface area contributed by atoms with Crippen LogP contribution in [0, 0.1) is 5.41 Å². The summed E-state index contributed by atoms with van der Waals surface area (Å²) >= 11 is 5.83. The third kappa shape index (κ3) is 1.68. The van der Waals surface area contributed by atoms with E-state index in [9.17, 15) is 4.79 Å². The third-order valence-corrected chi connectivity index (χ3v) is 2.61. The number of anilines is 1. The molecule has 0 unspecified atom stereocenters. The minimum absolute atomic E-state index is 0.0658. The van der Waals surface area contributed by atoms with Crippen LogP contribution in [0.1, 0.15) is 11.5 Å². The number of hydrogen-bond donors (Lipinski definition) is 2. The molecule has 1 saturated heterocycles. The van der Waals surface area contributed by atoms with Gasteiger partial charge in [0.25, 0.3) is 0 Å². The first-order valence-corrected chi connectivity index (χ1v) is 4.78. The van der Waals surface area contributed by atoms with Crippen LogP contribution >= 0.6 is 11.6 Å². The maximum absolute atomic E-state index is 11.0. The van der Waals surface area contributed by atoms with E-state index in [1.807, 2.05) is 0 Å². The molecule has 3 N–H and O–H groups in total. The molecule has 1 aliphatic rings. The highest BCUT2D eigenvalue weighted by molar-refractivity contribution is 6.39. The van der Waals surface area contributed by atoms with Crippen molar-refractivity contribution in [3.05, 3.63) is 28.8 Å². The summed E-state index contributed by atoms with van der Waals surface area (Å²) in [6, 6.07) is 4.99. The zero-order valence-corrected chi connectivity index (χ0v) is 8.54. The Bertz CT molecular complexity index is 445. The van der Waals surface area contributed by atoms with E-state index in [0.717, 1.165) is 0 Å². The van der Waals surface area contributed by atoms with Crippen LogP contribution in [-0.2, 0) is 9.53 Å². The Morgan fingerprint density at radius 3 is 2.87 bits per heavy atom. The van der Waals surface area contributed by atoms with Gasteiger partial charge < -0.3 is 10.5 Å². The predicted molar refractivity (Wildman–Crippen MR) is 57.3 cm³/mol. The van der Waals surface area contributed by atoms with Gasteiger partial charge in [-0.25, -0.2) is 4.79 Å². The Morgan fingerprint density at radius 1 is 1.53 bits per heavy atom. The van der Waals surface area contributed by atoms with Gasteiger partial charge in [-0.05, 0) is 23.8 Å². The topological polar surface area (TPSA) is 76.2 Å². The van der Waals surface area contributed by atoms with Crippen molar-refractivity contribution < 1.29 is 9.53 Å². The smallest absolute Gasteiger partial charge is 0.352 e. The van der Waals surface area contributed by atoms with Gasteiger partial charge in [-0.15, -0.1) is 0 Å². The van der Waals surface area contributed by atoms with Gasteiger partial charge in [-0.2, -0.15) is 0 Å². The summed E-state index contributed by atoms with van der Waals surface area (Å²) < 4.78 is 4.76. The van der Waals surface area contributed by atoms with Crippen LogP contribution in [0.5, 0.6) is 0 Å². The average molecular weight is 225 g/mol. The van der Waals surface area contributed by atoms with Crippen molar-refractivity contribution in [2.75, 3.05) is 12.3 Å². The van der Waals surface area contributed by atoms with E-state index in [2.05, 4.69) is 0 Å². The Labute approximate surface area is 91.5 Å². The number of benzene rings is 1. The number of hydrogen-bond acceptors (Lipinski definition) is 4. The molecule has 0 bridgehead atoms. The minimum atomic E-state index is -0.584. The summed E-state index contributed by atoms with van der Waals surface area (Å²) in [6.07, 6.45) is 0. The van der Waals surface area contributed by atoms with Crippen LogP contribution < -0.4 is 5.73 Å². The molecular weight excluding hydrogens is 216 g/mol. The molecule has 0 radical (unpaired) electrons. The fourth-order valence-electron chi connectivity index (χ4n) is 1.56. The van der Waals surface area contributed by atoms with Crippen molar-refractivity contribution in [2.45, 2.75) is 5.92 Å². The maximum atomic E-state index is 11.0. The predicted octanol–water partition coefficient (Wildman–Crippen LogP) is 1.58. The molecule has 0 amide bonds. The van der Waals surface area contributed by atoms with E-state index < -0.39 is 11.9 Å². The highest BCUT2D eigenvalue weighted by Gasteiger charge is 2.33. The summed E-state index contributed by atoms with van der Waals surface area (Å²) in [5.74, 6) is -0.976. The summed E-state index contributed by atoms with van der Waals surface area (Å²) in [7, 11) is 0.